The fourth-order valence-electron chi connectivity index (χ4n) is 2.51. The van der Waals surface area contributed by atoms with Gasteiger partial charge in [-0.3, -0.25) is 10.1 Å². The van der Waals surface area contributed by atoms with Crippen molar-refractivity contribution in [1.29, 1.82) is 0 Å². The zero-order valence-electron chi connectivity index (χ0n) is 14.2. The van der Waals surface area contributed by atoms with Crippen LogP contribution in [0.2, 0.25) is 6.32 Å². The van der Waals surface area contributed by atoms with E-state index in [1.165, 1.54) is 10.7 Å². The summed E-state index contributed by atoms with van der Waals surface area (Å²) >= 11 is 0. The highest BCUT2D eigenvalue weighted by molar-refractivity contribution is 6.40. The van der Waals surface area contributed by atoms with Crippen LogP contribution < -0.4 is 11.1 Å². The predicted molar refractivity (Wildman–Crippen MR) is 91.9 cm³/mol. The van der Waals surface area contributed by atoms with E-state index in [9.17, 15) is 9.18 Å². The van der Waals surface area contributed by atoms with Crippen LogP contribution in [0.3, 0.4) is 0 Å². The van der Waals surface area contributed by atoms with E-state index in [1.54, 1.807) is 18.2 Å². The third-order valence-electron chi connectivity index (χ3n) is 3.93. The first kappa shape index (κ1) is 20.1. The van der Waals surface area contributed by atoms with Gasteiger partial charge in [-0.25, -0.2) is 9.07 Å². The molecule has 2 aromatic rings. The van der Waals surface area contributed by atoms with E-state index < -0.39 is 19.3 Å². The Morgan fingerprint density at radius 3 is 2.81 bits per heavy atom. The Bertz CT molecular complexity index is 702. The quantitative estimate of drug-likeness (QED) is 0.247. The lowest BCUT2D eigenvalue weighted by Crippen LogP contribution is -2.32. The van der Waals surface area contributed by atoms with Gasteiger partial charge in [-0.05, 0) is 29.2 Å². The van der Waals surface area contributed by atoms with Gasteiger partial charge in [-0.2, -0.15) is 0 Å². The van der Waals surface area contributed by atoms with Crippen molar-refractivity contribution in [3.63, 3.8) is 0 Å². The van der Waals surface area contributed by atoms with Gasteiger partial charge < -0.3 is 15.8 Å². The maximum absolute atomic E-state index is 13.7. The Balaban J connectivity index is 1.97. The van der Waals surface area contributed by atoms with Crippen molar-refractivity contribution < 1.29 is 19.2 Å². The van der Waals surface area contributed by atoms with Crippen LogP contribution in [-0.4, -0.2) is 43.7 Å². The molecule has 1 heterocycles. The molecule has 5 N–H and O–H groups in total. The molecule has 2 atom stereocenters. The summed E-state index contributed by atoms with van der Waals surface area (Å²) in [5.74, 6) is -0.0444. The Labute approximate surface area is 150 Å². The zero-order valence-corrected chi connectivity index (χ0v) is 14.2. The number of aldehydes is 1. The first-order valence-electron chi connectivity index (χ1n) is 8.34. The first-order chi connectivity index (χ1) is 12.5. The molecule has 9 nitrogen and oxygen atoms in total. The number of hydrogen-bond acceptors (Lipinski definition) is 8. The summed E-state index contributed by atoms with van der Waals surface area (Å²) in [6, 6.07) is 5.74. The van der Waals surface area contributed by atoms with Crippen LogP contribution in [0.15, 0.2) is 24.3 Å². The van der Waals surface area contributed by atoms with Crippen molar-refractivity contribution in [3.05, 3.63) is 41.5 Å². The van der Waals surface area contributed by atoms with Gasteiger partial charge in [-0.15, -0.1) is 5.10 Å². The van der Waals surface area contributed by atoms with E-state index in [-0.39, 0.29) is 18.7 Å². The second-order valence-electron chi connectivity index (χ2n) is 5.91. The van der Waals surface area contributed by atoms with Gasteiger partial charge in [0.1, 0.15) is 5.82 Å². The van der Waals surface area contributed by atoms with Crippen LogP contribution >= 0.6 is 0 Å². The van der Waals surface area contributed by atoms with Crippen LogP contribution in [-0.2, 0) is 11.3 Å². The van der Waals surface area contributed by atoms with Crippen molar-refractivity contribution in [2.75, 3.05) is 0 Å². The smallest absolute Gasteiger partial charge is 0.427 e. The molecule has 2 unspecified atom stereocenters. The molecule has 11 heteroatoms. The van der Waals surface area contributed by atoms with Gasteiger partial charge in [0.25, 0.3) is 0 Å². The molecule has 0 spiro atoms. The highest BCUT2D eigenvalue weighted by Gasteiger charge is 2.21. The average Bonchev–Trinajstić information content (AvgIpc) is 3.10. The number of unbranched alkanes of at least 4 members (excludes halogenated alkanes) is 1. The Morgan fingerprint density at radius 1 is 1.35 bits per heavy atom. The number of halogens is 1. The van der Waals surface area contributed by atoms with Crippen LogP contribution in [0, 0.1) is 5.82 Å². The van der Waals surface area contributed by atoms with Gasteiger partial charge in [0.2, 0.25) is 0 Å². The second kappa shape index (κ2) is 10.1. The number of carbonyl (C=O) groups excluding carboxylic acids is 1. The maximum atomic E-state index is 13.7. The average molecular weight is 364 g/mol. The van der Waals surface area contributed by atoms with Gasteiger partial charge in [-0.1, -0.05) is 31.0 Å². The third-order valence-corrected chi connectivity index (χ3v) is 3.93. The molecule has 140 valence electrons. The number of nitrogens with one attached hydrogen (secondary N) is 1. The van der Waals surface area contributed by atoms with E-state index in [2.05, 4.69) is 20.8 Å². The van der Waals surface area contributed by atoms with Crippen molar-refractivity contribution in [1.82, 2.24) is 25.5 Å². The molecule has 1 aromatic carbocycles. The number of tetrazole rings is 1. The molecule has 0 saturated heterocycles. The minimum absolute atomic E-state index is 0.124. The van der Waals surface area contributed by atoms with Crippen LogP contribution in [0.5, 0.6) is 0 Å². The van der Waals surface area contributed by atoms with Gasteiger partial charge in [0.15, 0.2) is 18.3 Å². The molecule has 26 heavy (non-hydrogen) atoms. The lowest BCUT2D eigenvalue weighted by molar-refractivity contribution is -0.111. The minimum Gasteiger partial charge on any atom is -0.427 e. The molecule has 0 bridgehead atoms. The molecule has 1 aromatic heterocycles. The summed E-state index contributed by atoms with van der Waals surface area (Å²) in [6.45, 7) is 0.124. The Hall–Kier alpha value is -2.21. The van der Waals surface area contributed by atoms with Crippen LogP contribution in [0.1, 0.15) is 42.9 Å². The molecular weight excluding hydrogens is 342 g/mol. The third kappa shape index (κ3) is 5.66. The number of benzene rings is 1. The lowest BCUT2D eigenvalue weighted by atomic mass is 9.83. The molecule has 0 aliphatic rings. The van der Waals surface area contributed by atoms with Gasteiger partial charge in [0, 0.05) is 12.1 Å². The summed E-state index contributed by atoms with van der Waals surface area (Å²) in [4.78, 5) is 11.5. The SMILES string of the molecule is NC(CCCCB(O)O)c1nnnn1C(C=O)NCc1ccccc1F. The van der Waals surface area contributed by atoms with E-state index in [0.29, 0.717) is 36.9 Å². The van der Waals surface area contributed by atoms with Crippen molar-refractivity contribution in [2.45, 2.75) is 44.3 Å². The standard InChI is InChI=1S/C15H22BFN6O3/c17-12-6-2-1-5-11(12)9-19-14(10-24)23-15(20-21-22-23)13(18)7-3-4-8-16(25)26/h1-2,5-6,10,13-14,19,25-26H,3-4,7-9,18H2. The van der Waals surface area contributed by atoms with Crippen molar-refractivity contribution in [3.8, 4) is 0 Å². The first-order valence-corrected chi connectivity index (χ1v) is 8.34. The fourth-order valence-corrected chi connectivity index (χ4v) is 2.51. The number of hydrogen-bond donors (Lipinski definition) is 4. The van der Waals surface area contributed by atoms with E-state index >= 15 is 0 Å². The predicted octanol–water partition coefficient (Wildman–Crippen LogP) is -0.0576. The molecule has 0 fully saturated rings. The second-order valence-corrected chi connectivity index (χ2v) is 5.91. The maximum Gasteiger partial charge on any atom is 0.451 e. The Morgan fingerprint density at radius 2 is 2.12 bits per heavy atom. The van der Waals surface area contributed by atoms with Crippen molar-refractivity contribution >= 4 is 13.4 Å². The highest BCUT2D eigenvalue weighted by atomic mass is 19.1. The number of carbonyl (C=O) groups is 1. The van der Waals surface area contributed by atoms with Gasteiger partial charge >= 0.3 is 7.12 Å². The summed E-state index contributed by atoms with van der Waals surface area (Å²) in [5.41, 5.74) is 6.51. The van der Waals surface area contributed by atoms with Crippen LogP contribution in [0.25, 0.3) is 0 Å². The summed E-state index contributed by atoms with van der Waals surface area (Å²) < 4.78 is 15.0. The topological polar surface area (TPSA) is 139 Å². The van der Waals surface area contributed by atoms with E-state index in [1.807, 2.05) is 0 Å². The number of nitrogens with two attached hydrogens (primary N) is 1. The van der Waals surface area contributed by atoms with Crippen molar-refractivity contribution in [2.24, 2.45) is 5.73 Å². The molecule has 0 saturated carbocycles. The number of aromatic nitrogens is 4. The molecule has 0 aliphatic heterocycles. The summed E-state index contributed by atoms with van der Waals surface area (Å²) in [5, 5.41) is 31.8. The molecular formula is C15H22BFN6O3. The summed E-state index contributed by atoms with van der Waals surface area (Å²) in [6.07, 6.45) is 1.76. The normalized spacial score (nSPS) is 13.4. The minimum atomic E-state index is -1.33. The molecule has 0 radical (unpaired) electrons. The highest BCUT2D eigenvalue weighted by Crippen LogP contribution is 2.17. The summed E-state index contributed by atoms with van der Waals surface area (Å²) in [7, 11) is -1.33. The fraction of sp³-hybridized carbons (Fsp3) is 0.467. The molecule has 0 amide bonds. The largest absolute Gasteiger partial charge is 0.451 e. The molecule has 0 aliphatic carbocycles. The van der Waals surface area contributed by atoms with Gasteiger partial charge in [0.05, 0.1) is 6.04 Å². The molecule has 2 rings (SSSR count). The Kier molecular flexibility index (Phi) is 7.79. The zero-order chi connectivity index (χ0) is 18.9. The number of nitrogens with zero attached hydrogens (tertiary/aromatic N) is 4. The van der Waals surface area contributed by atoms with Crippen LogP contribution in [0.4, 0.5) is 4.39 Å². The monoisotopic (exact) mass is 364 g/mol. The van der Waals surface area contributed by atoms with E-state index in [0.717, 1.165) is 0 Å². The number of rotatable bonds is 11. The lowest BCUT2D eigenvalue weighted by Gasteiger charge is -2.17. The van der Waals surface area contributed by atoms with E-state index in [4.69, 9.17) is 15.8 Å².